The van der Waals surface area contributed by atoms with Crippen molar-refractivity contribution in [1.82, 2.24) is 4.90 Å². The summed E-state index contributed by atoms with van der Waals surface area (Å²) in [7, 11) is 0. The second-order valence-electron chi connectivity index (χ2n) is 5.81. The average molecular weight is 414 g/mol. The topological polar surface area (TPSA) is 46.6 Å². The molecule has 1 aliphatic rings. The van der Waals surface area contributed by atoms with Gasteiger partial charge in [-0.2, -0.15) is 0 Å². The molecule has 1 heterocycles. The molecule has 1 aromatic carbocycles. The summed E-state index contributed by atoms with van der Waals surface area (Å²) in [6.07, 6.45) is 3.67. The minimum absolute atomic E-state index is 0.0262. The van der Waals surface area contributed by atoms with Crippen LogP contribution in [0.3, 0.4) is 0 Å². The van der Waals surface area contributed by atoms with Crippen molar-refractivity contribution in [2.45, 2.75) is 50.9 Å². The van der Waals surface area contributed by atoms with Crippen LogP contribution >= 0.6 is 27.7 Å². The number of halogens is 1. The van der Waals surface area contributed by atoms with Crippen LogP contribution < -0.4 is 0 Å². The van der Waals surface area contributed by atoms with E-state index in [0.29, 0.717) is 17.9 Å². The minimum atomic E-state index is -0.497. The summed E-state index contributed by atoms with van der Waals surface area (Å²) in [5.74, 6) is 0.213. The molecule has 2 atom stereocenters. The normalized spacial score (nSPS) is 20.2. The van der Waals surface area contributed by atoms with E-state index < -0.39 is 6.04 Å². The molecular weight excluding hydrogens is 390 g/mol. The van der Waals surface area contributed by atoms with E-state index in [0.717, 1.165) is 30.2 Å². The summed E-state index contributed by atoms with van der Waals surface area (Å²) < 4.78 is 6.13. The fourth-order valence-electron chi connectivity index (χ4n) is 2.67. The number of benzene rings is 1. The van der Waals surface area contributed by atoms with Gasteiger partial charge in [-0.15, -0.1) is 11.8 Å². The molecule has 1 saturated heterocycles. The van der Waals surface area contributed by atoms with E-state index in [9.17, 15) is 9.59 Å². The largest absolute Gasteiger partial charge is 0.464 e. The zero-order chi connectivity index (χ0) is 17.5. The van der Waals surface area contributed by atoms with Crippen molar-refractivity contribution in [3.63, 3.8) is 0 Å². The van der Waals surface area contributed by atoms with Crippen LogP contribution in [0.15, 0.2) is 28.7 Å². The van der Waals surface area contributed by atoms with Crippen LogP contribution in [0.1, 0.15) is 49.9 Å². The van der Waals surface area contributed by atoms with Gasteiger partial charge in [0.25, 0.3) is 5.91 Å². The zero-order valence-electron chi connectivity index (χ0n) is 14.2. The van der Waals surface area contributed by atoms with E-state index in [1.165, 1.54) is 0 Å². The average Bonchev–Trinajstić information content (AvgIpc) is 2.99. The Bertz CT molecular complexity index is 581. The lowest BCUT2D eigenvalue weighted by atomic mass is 10.1. The van der Waals surface area contributed by atoms with Crippen LogP contribution in [-0.4, -0.2) is 40.6 Å². The van der Waals surface area contributed by atoms with Crippen LogP contribution in [0.5, 0.6) is 0 Å². The number of nitrogens with zero attached hydrogens (tertiary/aromatic N) is 1. The first kappa shape index (κ1) is 19.3. The second kappa shape index (κ2) is 9.47. The Hall–Kier alpha value is -1.01. The number of unbranched alkanes of at least 4 members (excludes halogenated alkanes) is 1. The predicted octanol–water partition coefficient (Wildman–Crippen LogP) is 4.48. The first-order chi connectivity index (χ1) is 11.6. The summed E-state index contributed by atoms with van der Waals surface area (Å²) in [6, 6.07) is 6.85. The molecule has 1 fully saturated rings. The molecule has 132 valence electrons. The quantitative estimate of drug-likeness (QED) is 0.488. The third kappa shape index (κ3) is 4.54. The van der Waals surface area contributed by atoms with Crippen LogP contribution in [0.4, 0.5) is 0 Å². The molecule has 0 N–H and O–H groups in total. The van der Waals surface area contributed by atoms with E-state index in [1.807, 2.05) is 18.2 Å². The second-order valence-corrected chi connectivity index (χ2v) is 7.87. The molecule has 1 aromatic rings. The predicted molar refractivity (Wildman–Crippen MR) is 101 cm³/mol. The fourth-order valence-corrected chi connectivity index (χ4v) is 4.63. The Labute approximate surface area is 156 Å². The molecule has 1 aliphatic heterocycles. The summed E-state index contributed by atoms with van der Waals surface area (Å²) >= 11 is 5.11. The van der Waals surface area contributed by atoms with Crippen LogP contribution in [-0.2, 0) is 9.53 Å². The number of ether oxygens (including phenoxy) is 1. The van der Waals surface area contributed by atoms with Crippen molar-refractivity contribution in [3.8, 4) is 0 Å². The maximum atomic E-state index is 13.1. The number of rotatable bonds is 7. The van der Waals surface area contributed by atoms with Crippen molar-refractivity contribution in [3.05, 3.63) is 34.3 Å². The van der Waals surface area contributed by atoms with E-state index in [-0.39, 0.29) is 17.3 Å². The maximum absolute atomic E-state index is 13.1. The number of hydrogen-bond acceptors (Lipinski definition) is 4. The van der Waals surface area contributed by atoms with Gasteiger partial charge in [-0.25, -0.2) is 4.79 Å². The number of carbonyl (C=O) groups is 2. The molecule has 2 rings (SSSR count). The molecule has 0 spiro atoms. The lowest BCUT2D eigenvalue weighted by Crippen LogP contribution is -2.46. The molecular formula is C18H24BrNO3S. The SMILES string of the molecule is CCCCOC(=O)[C@@H]1CS[C@H](CCC)N1C(=O)c1ccccc1Br. The summed E-state index contributed by atoms with van der Waals surface area (Å²) in [5.41, 5.74) is 0.590. The van der Waals surface area contributed by atoms with Gasteiger partial charge in [0.05, 0.1) is 17.5 Å². The first-order valence-electron chi connectivity index (χ1n) is 8.45. The Morgan fingerprint density at radius 1 is 1.29 bits per heavy atom. The van der Waals surface area contributed by atoms with Crippen molar-refractivity contribution < 1.29 is 14.3 Å². The third-order valence-electron chi connectivity index (χ3n) is 3.98. The lowest BCUT2D eigenvalue weighted by molar-refractivity contribution is -0.148. The van der Waals surface area contributed by atoms with Crippen molar-refractivity contribution in [2.75, 3.05) is 12.4 Å². The van der Waals surface area contributed by atoms with E-state index >= 15 is 0 Å². The smallest absolute Gasteiger partial charge is 0.329 e. The van der Waals surface area contributed by atoms with Gasteiger partial charge in [-0.05, 0) is 40.9 Å². The highest BCUT2D eigenvalue weighted by atomic mass is 79.9. The van der Waals surface area contributed by atoms with Gasteiger partial charge in [0.15, 0.2) is 0 Å². The highest BCUT2D eigenvalue weighted by Gasteiger charge is 2.42. The molecule has 4 nitrogen and oxygen atoms in total. The molecule has 1 amide bonds. The number of thioether (sulfide) groups is 1. The summed E-state index contributed by atoms with van der Waals surface area (Å²) in [6.45, 7) is 4.57. The van der Waals surface area contributed by atoms with E-state index in [1.54, 1.807) is 22.7 Å². The Morgan fingerprint density at radius 3 is 2.71 bits per heavy atom. The van der Waals surface area contributed by atoms with Gasteiger partial charge in [-0.1, -0.05) is 38.8 Å². The molecule has 6 heteroatoms. The number of hydrogen-bond donors (Lipinski definition) is 0. The summed E-state index contributed by atoms with van der Waals surface area (Å²) in [5, 5.41) is 0.0262. The number of carbonyl (C=O) groups excluding carboxylic acids is 2. The molecule has 0 aromatic heterocycles. The Balaban J connectivity index is 2.20. The molecule has 0 saturated carbocycles. The minimum Gasteiger partial charge on any atom is -0.464 e. The highest BCUT2D eigenvalue weighted by Crippen LogP contribution is 2.35. The fraction of sp³-hybridized carbons (Fsp3) is 0.556. The monoisotopic (exact) mass is 413 g/mol. The Morgan fingerprint density at radius 2 is 2.04 bits per heavy atom. The standard InChI is InChI=1S/C18H24BrNO3S/c1-3-5-11-23-18(22)15-12-24-16(8-4-2)20(15)17(21)13-9-6-7-10-14(13)19/h6-7,9-10,15-16H,3-5,8,11-12H2,1-2H3/t15-,16+/m0/s1. The highest BCUT2D eigenvalue weighted by molar-refractivity contribution is 9.10. The van der Waals surface area contributed by atoms with E-state index in [2.05, 4.69) is 29.8 Å². The third-order valence-corrected chi connectivity index (χ3v) is 6.03. The van der Waals surface area contributed by atoms with Gasteiger partial charge in [-0.3, -0.25) is 4.79 Å². The first-order valence-corrected chi connectivity index (χ1v) is 10.3. The Kier molecular flexibility index (Phi) is 7.62. The van der Waals surface area contributed by atoms with Gasteiger partial charge >= 0.3 is 5.97 Å². The number of esters is 1. The molecule has 24 heavy (non-hydrogen) atoms. The van der Waals surface area contributed by atoms with Crippen LogP contribution in [0.2, 0.25) is 0 Å². The zero-order valence-corrected chi connectivity index (χ0v) is 16.6. The molecule has 0 aliphatic carbocycles. The summed E-state index contributed by atoms with van der Waals surface area (Å²) in [4.78, 5) is 27.3. The van der Waals surface area contributed by atoms with Crippen molar-refractivity contribution in [2.24, 2.45) is 0 Å². The van der Waals surface area contributed by atoms with Crippen LogP contribution in [0.25, 0.3) is 0 Å². The van der Waals surface area contributed by atoms with Gasteiger partial charge in [0.1, 0.15) is 6.04 Å². The molecule has 0 bridgehead atoms. The van der Waals surface area contributed by atoms with E-state index in [4.69, 9.17) is 4.74 Å². The van der Waals surface area contributed by atoms with Gasteiger partial charge in [0.2, 0.25) is 0 Å². The lowest BCUT2D eigenvalue weighted by Gasteiger charge is -2.28. The molecule has 0 unspecified atom stereocenters. The maximum Gasteiger partial charge on any atom is 0.329 e. The van der Waals surface area contributed by atoms with Crippen LogP contribution in [0, 0.1) is 0 Å². The van der Waals surface area contributed by atoms with Gasteiger partial charge in [0, 0.05) is 10.2 Å². The number of amides is 1. The molecule has 0 radical (unpaired) electrons. The van der Waals surface area contributed by atoms with Crippen molar-refractivity contribution >= 4 is 39.6 Å². The van der Waals surface area contributed by atoms with Crippen molar-refractivity contribution in [1.29, 1.82) is 0 Å². The van der Waals surface area contributed by atoms with Gasteiger partial charge < -0.3 is 9.64 Å².